The predicted molar refractivity (Wildman–Crippen MR) is 91.4 cm³/mol. The van der Waals surface area contributed by atoms with E-state index in [1.54, 1.807) is 7.11 Å². The van der Waals surface area contributed by atoms with Gasteiger partial charge in [0.2, 0.25) is 5.28 Å². The molecule has 0 aliphatic carbocycles. The summed E-state index contributed by atoms with van der Waals surface area (Å²) in [5.74, 6) is 1.22. The first kappa shape index (κ1) is 16.1. The van der Waals surface area contributed by atoms with E-state index in [9.17, 15) is 0 Å². The van der Waals surface area contributed by atoms with Crippen molar-refractivity contribution >= 4 is 40.4 Å². The summed E-state index contributed by atoms with van der Waals surface area (Å²) in [7, 11) is 1.65. The minimum absolute atomic E-state index is 0.133. The lowest BCUT2D eigenvalue weighted by molar-refractivity contribution is 0.122. The van der Waals surface area contributed by atoms with Gasteiger partial charge in [-0.1, -0.05) is 11.6 Å². The van der Waals surface area contributed by atoms with Crippen LogP contribution in [0, 0.1) is 0 Å². The molecule has 1 aliphatic heterocycles. The molecule has 0 spiro atoms. The second-order valence-electron chi connectivity index (χ2n) is 4.95. The fourth-order valence-electron chi connectivity index (χ4n) is 2.39. The van der Waals surface area contributed by atoms with Crippen LogP contribution in [-0.4, -0.2) is 43.4 Å². The van der Waals surface area contributed by atoms with E-state index in [0.717, 1.165) is 43.4 Å². The van der Waals surface area contributed by atoms with Gasteiger partial charge in [-0.3, -0.25) is 0 Å². The fourth-order valence-corrected chi connectivity index (χ4v) is 2.66. The highest BCUT2D eigenvalue weighted by molar-refractivity contribution is 6.33. The second-order valence-corrected chi connectivity index (χ2v) is 5.69. The van der Waals surface area contributed by atoms with Crippen molar-refractivity contribution in [3.05, 3.63) is 34.7 Å². The molecule has 1 saturated heterocycles. The van der Waals surface area contributed by atoms with Crippen LogP contribution in [0.15, 0.2) is 24.4 Å². The van der Waals surface area contributed by atoms with Crippen molar-refractivity contribution in [2.75, 3.05) is 43.6 Å². The minimum atomic E-state index is 0.133. The number of hydrogen-bond donors (Lipinski definition) is 1. The van der Waals surface area contributed by atoms with Crippen molar-refractivity contribution in [2.24, 2.45) is 0 Å². The number of halogens is 2. The Morgan fingerprint density at radius 2 is 2.04 bits per heavy atom. The zero-order valence-corrected chi connectivity index (χ0v) is 14.1. The summed E-state index contributed by atoms with van der Waals surface area (Å²) in [6.45, 7) is 3.13. The Labute approximate surface area is 144 Å². The summed E-state index contributed by atoms with van der Waals surface area (Å²) in [6.07, 6.45) is 1.46. The predicted octanol–water partition coefficient (Wildman–Crippen LogP) is 3.37. The first-order valence-electron chi connectivity index (χ1n) is 7.13. The van der Waals surface area contributed by atoms with E-state index in [4.69, 9.17) is 32.7 Å². The molecule has 2 aromatic rings. The van der Waals surface area contributed by atoms with E-state index < -0.39 is 0 Å². The molecule has 0 saturated carbocycles. The van der Waals surface area contributed by atoms with Gasteiger partial charge < -0.3 is 19.7 Å². The van der Waals surface area contributed by atoms with Gasteiger partial charge in [0.15, 0.2) is 5.82 Å². The Balaban J connectivity index is 1.85. The number of benzene rings is 1. The van der Waals surface area contributed by atoms with Crippen molar-refractivity contribution in [3.63, 3.8) is 0 Å². The first-order chi connectivity index (χ1) is 11.2. The molecule has 23 heavy (non-hydrogen) atoms. The second kappa shape index (κ2) is 7.21. The van der Waals surface area contributed by atoms with Gasteiger partial charge in [-0.2, -0.15) is 4.98 Å². The molecule has 0 atom stereocenters. The van der Waals surface area contributed by atoms with Gasteiger partial charge in [-0.05, 0) is 23.7 Å². The summed E-state index contributed by atoms with van der Waals surface area (Å²) in [5, 5.41) is 3.65. The maximum Gasteiger partial charge on any atom is 0.224 e. The van der Waals surface area contributed by atoms with E-state index >= 15 is 0 Å². The van der Waals surface area contributed by atoms with Crippen molar-refractivity contribution < 1.29 is 9.47 Å². The molecule has 2 heterocycles. The zero-order chi connectivity index (χ0) is 16.2. The van der Waals surface area contributed by atoms with Gasteiger partial charge >= 0.3 is 0 Å². The highest BCUT2D eigenvalue weighted by Crippen LogP contribution is 2.33. The number of nitrogens with one attached hydrogen (secondary N) is 1. The normalized spacial score (nSPS) is 14.7. The van der Waals surface area contributed by atoms with Crippen molar-refractivity contribution in [2.45, 2.75) is 0 Å². The van der Waals surface area contributed by atoms with E-state index in [1.165, 1.54) is 6.20 Å². The van der Waals surface area contributed by atoms with Gasteiger partial charge in [0.1, 0.15) is 10.8 Å². The quantitative estimate of drug-likeness (QED) is 0.849. The van der Waals surface area contributed by atoms with E-state index in [-0.39, 0.29) is 5.28 Å². The van der Waals surface area contributed by atoms with Crippen molar-refractivity contribution in [3.8, 4) is 5.75 Å². The van der Waals surface area contributed by atoms with Gasteiger partial charge in [0.05, 0.1) is 32.2 Å². The molecule has 0 bridgehead atoms. The Morgan fingerprint density at radius 1 is 1.26 bits per heavy atom. The van der Waals surface area contributed by atoms with Crippen LogP contribution in [0.25, 0.3) is 0 Å². The van der Waals surface area contributed by atoms with Crippen molar-refractivity contribution in [1.29, 1.82) is 0 Å². The highest BCUT2D eigenvalue weighted by Gasteiger charge is 2.16. The van der Waals surface area contributed by atoms with Gasteiger partial charge in [-0.25, -0.2) is 4.98 Å². The standard InChI is InChI=1S/C15H16Cl2N4O2/c1-22-13-8-10(19-14-11(16)9-18-15(17)20-14)2-3-12(13)21-4-6-23-7-5-21/h2-3,8-9H,4-7H2,1H3,(H,18,19,20). The largest absolute Gasteiger partial charge is 0.495 e. The molecular weight excluding hydrogens is 339 g/mol. The van der Waals surface area contributed by atoms with Crippen LogP contribution >= 0.6 is 23.2 Å². The number of rotatable bonds is 4. The van der Waals surface area contributed by atoms with Crippen LogP contribution in [-0.2, 0) is 4.74 Å². The van der Waals surface area contributed by atoms with Crippen LogP contribution in [0.4, 0.5) is 17.2 Å². The topological polar surface area (TPSA) is 59.5 Å². The maximum absolute atomic E-state index is 6.07. The number of morpholine rings is 1. The fraction of sp³-hybridized carbons (Fsp3) is 0.333. The third-order valence-corrected chi connectivity index (χ3v) is 3.97. The SMILES string of the molecule is COc1cc(Nc2nc(Cl)ncc2Cl)ccc1N1CCOCC1. The Bertz CT molecular complexity index is 693. The van der Waals surface area contributed by atoms with E-state index in [2.05, 4.69) is 20.2 Å². The molecule has 3 rings (SSSR count). The summed E-state index contributed by atoms with van der Waals surface area (Å²) in [4.78, 5) is 10.1. The maximum atomic E-state index is 6.07. The number of nitrogens with zero attached hydrogens (tertiary/aromatic N) is 3. The third kappa shape index (κ3) is 3.77. The van der Waals surface area contributed by atoms with Crippen LogP contribution in [0.1, 0.15) is 0 Å². The number of methoxy groups -OCH3 is 1. The molecule has 0 amide bonds. The van der Waals surface area contributed by atoms with Crippen LogP contribution in [0.5, 0.6) is 5.75 Å². The summed E-state index contributed by atoms with van der Waals surface area (Å²) < 4.78 is 10.9. The lowest BCUT2D eigenvalue weighted by atomic mass is 10.2. The smallest absolute Gasteiger partial charge is 0.224 e. The number of hydrogen-bond acceptors (Lipinski definition) is 6. The summed E-state index contributed by atoms with van der Waals surface area (Å²) in [5.41, 5.74) is 1.84. The average Bonchev–Trinajstić information content (AvgIpc) is 2.59. The third-order valence-electron chi connectivity index (χ3n) is 3.51. The number of ether oxygens (including phenoxy) is 2. The molecule has 1 aromatic carbocycles. The van der Waals surface area contributed by atoms with Crippen LogP contribution in [0.2, 0.25) is 10.3 Å². The molecule has 1 fully saturated rings. The van der Waals surface area contributed by atoms with Crippen molar-refractivity contribution in [1.82, 2.24) is 9.97 Å². The molecule has 1 N–H and O–H groups in total. The van der Waals surface area contributed by atoms with Gasteiger partial charge in [0, 0.05) is 24.8 Å². The zero-order valence-electron chi connectivity index (χ0n) is 12.6. The first-order valence-corrected chi connectivity index (χ1v) is 7.89. The van der Waals surface area contributed by atoms with E-state index in [0.29, 0.717) is 10.8 Å². The molecule has 1 aliphatic rings. The molecule has 6 nitrogen and oxygen atoms in total. The molecule has 8 heteroatoms. The molecule has 1 aromatic heterocycles. The van der Waals surface area contributed by atoms with Crippen LogP contribution < -0.4 is 15.0 Å². The minimum Gasteiger partial charge on any atom is -0.495 e. The Morgan fingerprint density at radius 3 is 2.78 bits per heavy atom. The highest BCUT2D eigenvalue weighted by atomic mass is 35.5. The van der Waals surface area contributed by atoms with Gasteiger partial charge in [0.25, 0.3) is 0 Å². The molecular formula is C15H16Cl2N4O2. The lowest BCUT2D eigenvalue weighted by Gasteiger charge is -2.30. The number of anilines is 3. The average molecular weight is 355 g/mol. The Kier molecular flexibility index (Phi) is 5.05. The van der Waals surface area contributed by atoms with Gasteiger partial charge in [-0.15, -0.1) is 0 Å². The monoisotopic (exact) mass is 354 g/mol. The molecule has 122 valence electrons. The summed E-state index contributed by atoms with van der Waals surface area (Å²) >= 11 is 11.9. The summed E-state index contributed by atoms with van der Waals surface area (Å²) in [6, 6.07) is 5.85. The molecule has 0 unspecified atom stereocenters. The van der Waals surface area contributed by atoms with Crippen LogP contribution in [0.3, 0.4) is 0 Å². The lowest BCUT2D eigenvalue weighted by Crippen LogP contribution is -2.36. The van der Waals surface area contributed by atoms with E-state index in [1.807, 2.05) is 18.2 Å². The number of aromatic nitrogens is 2. The Hall–Kier alpha value is -1.76. The molecule has 0 radical (unpaired) electrons.